The van der Waals surface area contributed by atoms with Crippen LogP contribution < -0.4 is 4.74 Å². The van der Waals surface area contributed by atoms with E-state index in [0.717, 1.165) is 21.9 Å². The molecule has 0 bridgehead atoms. The van der Waals surface area contributed by atoms with Crippen molar-refractivity contribution in [2.75, 3.05) is 0 Å². The zero-order chi connectivity index (χ0) is 13.8. The molecule has 0 heterocycles. The normalized spacial score (nSPS) is 10.3. The molecule has 2 nitrogen and oxygen atoms in total. The van der Waals surface area contributed by atoms with Gasteiger partial charge in [-0.3, -0.25) is 4.79 Å². The average Bonchev–Trinajstić information content (AvgIpc) is 2.39. The van der Waals surface area contributed by atoms with Crippen LogP contribution >= 0.6 is 27.5 Å². The number of carbonyl (C=O) groups excluding carboxylic acids is 1. The summed E-state index contributed by atoms with van der Waals surface area (Å²) in [5, 5.41) is 0.666. The first-order chi connectivity index (χ1) is 9.11. The van der Waals surface area contributed by atoms with Gasteiger partial charge in [0.25, 0.3) is 0 Å². The monoisotopic (exact) mass is 338 g/mol. The molecule has 0 atom stereocenters. The minimum Gasteiger partial charge on any atom is -0.487 e. The Morgan fingerprint density at radius 3 is 2.79 bits per heavy atom. The SMILES string of the molecule is Cc1ccc(COc2c(Br)cccc2C=O)c(Cl)c1. The molecule has 0 unspecified atom stereocenters. The van der Waals surface area contributed by atoms with E-state index in [1.165, 1.54) is 0 Å². The number of ether oxygens (including phenoxy) is 1. The first-order valence-corrected chi connectivity index (χ1v) is 6.90. The second kappa shape index (κ2) is 6.22. The van der Waals surface area contributed by atoms with E-state index in [1.54, 1.807) is 12.1 Å². The van der Waals surface area contributed by atoms with Gasteiger partial charge in [0.1, 0.15) is 12.4 Å². The molecule has 0 aliphatic rings. The van der Waals surface area contributed by atoms with Gasteiger partial charge in [-0.1, -0.05) is 29.8 Å². The molecule has 4 heteroatoms. The van der Waals surface area contributed by atoms with Crippen molar-refractivity contribution in [3.8, 4) is 5.75 Å². The van der Waals surface area contributed by atoms with Gasteiger partial charge in [-0.25, -0.2) is 0 Å². The topological polar surface area (TPSA) is 26.3 Å². The predicted octanol–water partition coefficient (Wildman–Crippen LogP) is 4.80. The van der Waals surface area contributed by atoms with Crippen molar-refractivity contribution in [1.29, 1.82) is 0 Å². The summed E-state index contributed by atoms with van der Waals surface area (Å²) in [6.45, 7) is 2.30. The molecule has 0 aliphatic heterocycles. The molecular formula is C15H12BrClO2. The van der Waals surface area contributed by atoms with Gasteiger partial charge in [0, 0.05) is 10.6 Å². The molecule has 0 aliphatic carbocycles. The zero-order valence-corrected chi connectivity index (χ0v) is 12.7. The van der Waals surface area contributed by atoms with Crippen molar-refractivity contribution in [1.82, 2.24) is 0 Å². The number of carbonyl (C=O) groups is 1. The van der Waals surface area contributed by atoms with E-state index in [1.807, 2.05) is 31.2 Å². The Bertz CT molecular complexity index is 611. The van der Waals surface area contributed by atoms with Crippen molar-refractivity contribution in [3.05, 3.63) is 62.6 Å². The van der Waals surface area contributed by atoms with E-state index in [4.69, 9.17) is 16.3 Å². The van der Waals surface area contributed by atoms with E-state index in [-0.39, 0.29) is 0 Å². The van der Waals surface area contributed by atoms with Gasteiger partial charge in [-0.15, -0.1) is 0 Å². The highest BCUT2D eigenvalue weighted by Crippen LogP contribution is 2.29. The summed E-state index contributed by atoms with van der Waals surface area (Å²) in [5.74, 6) is 0.536. The maximum atomic E-state index is 11.0. The predicted molar refractivity (Wildman–Crippen MR) is 80.1 cm³/mol. The number of para-hydroxylation sites is 1. The molecule has 2 aromatic rings. The largest absolute Gasteiger partial charge is 0.487 e. The van der Waals surface area contributed by atoms with Crippen LogP contribution in [0.2, 0.25) is 5.02 Å². The van der Waals surface area contributed by atoms with Crippen LogP contribution in [-0.2, 0) is 6.61 Å². The Kier molecular flexibility index (Phi) is 4.61. The van der Waals surface area contributed by atoms with Gasteiger partial charge in [0.15, 0.2) is 6.29 Å². The van der Waals surface area contributed by atoms with Crippen LogP contribution in [0.1, 0.15) is 21.5 Å². The summed E-state index contributed by atoms with van der Waals surface area (Å²) in [7, 11) is 0. The van der Waals surface area contributed by atoms with Crippen LogP contribution in [0.15, 0.2) is 40.9 Å². The first-order valence-electron chi connectivity index (χ1n) is 5.73. The number of hydrogen-bond acceptors (Lipinski definition) is 2. The smallest absolute Gasteiger partial charge is 0.153 e. The Hall–Kier alpha value is -1.32. The summed E-state index contributed by atoms with van der Waals surface area (Å²) in [6.07, 6.45) is 0.775. The highest BCUT2D eigenvalue weighted by atomic mass is 79.9. The van der Waals surface area contributed by atoms with Crippen LogP contribution in [0.5, 0.6) is 5.75 Å². The van der Waals surface area contributed by atoms with Crippen molar-refractivity contribution in [2.45, 2.75) is 13.5 Å². The number of aryl methyl sites for hydroxylation is 1. The number of hydrogen-bond donors (Lipinski definition) is 0. The van der Waals surface area contributed by atoms with Gasteiger partial charge in [-0.05, 0) is 46.6 Å². The summed E-state index contributed by atoms with van der Waals surface area (Å²) >= 11 is 9.52. The molecule has 0 N–H and O–H groups in total. The van der Waals surface area contributed by atoms with Crippen molar-refractivity contribution < 1.29 is 9.53 Å². The van der Waals surface area contributed by atoms with Gasteiger partial charge in [0.05, 0.1) is 10.0 Å². The fourth-order valence-corrected chi connectivity index (χ4v) is 2.48. The van der Waals surface area contributed by atoms with Crippen molar-refractivity contribution in [2.24, 2.45) is 0 Å². The van der Waals surface area contributed by atoms with Crippen LogP contribution in [0, 0.1) is 6.92 Å². The average molecular weight is 340 g/mol. The molecule has 0 saturated carbocycles. The quantitative estimate of drug-likeness (QED) is 0.748. The van der Waals surface area contributed by atoms with Crippen molar-refractivity contribution >= 4 is 33.8 Å². The molecule has 0 amide bonds. The lowest BCUT2D eigenvalue weighted by Crippen LogP contribution is -2.00. The number of benzene rings is 2. The molecule has 19 heavy (non-hydrogen) atoms. The minimum atomic E-state index is 0.322. The molecule has 2 aromatic carbocycles. The molecule has 0 radical (unpaired) electrons. The third kappa shape index (κ3) is 3.37. The Morgan fingerprint density at radius 1 is 1.32 bits per heavy atom. The second-order valence-corrected chi connectivity index (χ2v) is 5.42. The van der Waals surface area contributed by atoms with Gasteiger partial charge in [-0.2, -0.15) is 0 Å². The summed E-state index contributed by atoms with van der Waals surface area (Å²) in [5.41, 5.74) is 2.50. The lowest BCUT2D eigenvalue weighted by atomic mass is 10.1. The van der Waals surface area contributed by atoms with Crippen LogP contribution in [-0.4, -0.2) is 6.29 Å². The van der Waals surface area contributed by atoms with E-state index in [0.29, 0.717) is 22.9 Å². The molecule has 0 saturated heterocycles. The minimum absolute atomic E-state index is 0.322. The van der Waals surface area contributed by atoms with E-state index in [9.17, 15) is 4.79 Å². The third-order valence-electron chi connectivity index (χ3n) is 2.70. The van der Waals surface area contributed by atoms with Gasteiger partial charge >= 0.3 is 0 Å². The maximum absolute atomic E-state index is 11.0. The van der Waals surface area contributed by atoms with E-state index in [2.05, 4.69) is 15.9 Å². The van der Waals surface area contributed by atoms with E-state index >= 15 is 0 Å². The Morgan fingerprint density at radius 2 is 2.11 bits per heavy atom. The summed E-state index contributed by atoms with van der Waals surface area (Å²) in [6, 6.07) is 11.1. The first kappa shape index (κ1) is 14.1. The standard InChI is InChI=1S/C15H12BrClO2/c1-10-5-6-12(14(17)7-10)9-19-15-11(8-18)3-2-4-13(15)16/h2-8H,9H2,1H3. The van der Waals surface area contributed by atoms with E-state index < -0.39 is 0 Å². The highest BCUT2D eigenvalue weighted by Gasteiger charge is 2.09. The summed E-state index contributed by atoms with van der Waals surface area (Å²) < 4.78 is 6.45. The van der Waals surface area contributed by atoms with Crippen LogP contribution in [0.3, 0.4) is 0 Å². The fraction of sp³-hybridized carbons (Fsp3) is 0.133. The molecule has 0 aromatic heterocycles. The Labute approximate surface area is 125 Å². The number of rotatable bonds is 4. The maximum Gasteiger partial charge on any atom is 0.153 e. The molecule has 0 fully saturated rings. The number of aldehydes is 1. The summed E-state index contributed by atoms with van der Waals surface area (Å²) in [4.78, 5) is 11.0. The molecule has 0 spiro atoms. The lowest BCUT2D eigenvalue weighted by molar-refractivity contribution is 0.111. The van der Waals surface area contributed by atoms with Gasteiger partial charge < -0.3 is 4.74 Å². The number of halogens is 2. The fourth-order valence-electron chi connectivity index (χ4n) is 1.69. The molecule has 2 rings (SSSR count). The molecular weight excluding hydrogens is 328 g/mol. The highest BCUT2D eigenvalue weighted by molar-refractivity contribution is 9.10. The lowest BCUT2D eigenvalue weighted by Gasteiger charge is -2.11. The van der Waals surface area contributed by atoms with Crippen LogP contribution in [0.25, 0.3) is 0 Å². The van der Waals surface area contributed by atoms with Crippen LogP contribution in [0.4, 0.5) is 0 Å². The van der Waals surface area contributed by atoms with Crippen molar-refractivity contribution in [3.63, 3.8) is 0 Å². The Balaban J connectivity index is 2.21. The molecule has 98 valence electrons. The second-order valence-electron chi connectivity index (χ2n) is 4.16. The zero-order valence-electron chi connectivity index (χ0n) is 10.3. The van der Waals surface area contributed by atoms with Gasteiger partial charge in [0.2, 0.25) is 0 Å². The third-order valence-corrected chi connectivity index (χ3v) is 3.68.